The number of rotatable bonds is 5. The number of hydrogen-bond donors (Lipinski definition) is 3. The molecule has 0 spiro atoms. The molecule has 1 heterocycles. The average molecular weight is 392 g/mol. The standard InChI is InChI=1S/C24H29N3O2/c1-2-17-9-3-6-13-21(17)25-23(28)18-10-7-8-16(14-18)15-22-19-11-4-5-12-20(19)24(29)27-26-22/h3,6-10,13-14,19-20,22,26H,2,4-5,11-12,15H2,1H3,(H,25,28)(H,27,29). The molecular weight excluding hydrogens is 362 g/mol. The number of hydrogen-bond acceptors (Lipinski definition) is 3. The summed E-state index contributed by atoms with van der Waals surface area (Å²) in [4.78, 5) is 25.0. The second-order valence-corrected chi connectivity index (χ2v) is 8.16. The van der Waals surface area contributed by atoms with Crippen LogP contribution in [0.2, 0.25) is 0 Å². The molecule has 2 aromatic rings. The molecule has 3 N–H and O–H groups in total. The number of amides is 2. The van der Waals surface area contributed by atoms with Crippen LogP contribution in [0.15, 0.2) is 48.5 Å². The summed E-state index contributed by atoms with van der Waals surface area (Å²) in [5, 5.41) is 3.05. The van der Waals surface area contributed by atoms with E-state index in [1.54, 1.807) is 0 Å². The maximum atomic E-state index is 12.8. The van der Waals surface area contributed by atoms with Crippen LogP contribution in [0.25, 0.3) is 0 Å². The van der Waals surface area contributed by atoms with Gasteiger partial charge in [0.25, 0.3) is 5.91 Å². The van der Waals surface area contributed by atoms with Gasteiger partial charge >= 0.3 is 0 Å². The van der Waals surface area contributed by atoms with Crippen LogP contribution in [0.4, 0.5) is 5.69 Å². The van der Waals surface area contributed by atoms with E-state index in [2.05, 4.69) is 29.2 Å². The Bertz CT molecular complexity index is 895. The summed E-state index contributed by atoms with van der Waals surface area (Å²) in [6.07, 6.45) is 6.06. The van der Waals surface area contributed by atoms with E-state index in [-0.39, 0.29) is 23.8 Å². The van der Waals surface area contributed by atoms with Crippen molar-refractivity contribution < 1.29 is 9.59 Å². The van der Waals surface area contributed by atoms with Crippen LogP contribution in [-0.4, -0.2) is 17.9 Å². The summed E-state index contributed by atoms with van der Waals surface area (Å²) in [6, 6.07) is 15.9. The Balaban J connectivity index is 1.47. The van der Waals surface area contributed by atoms with Gasteiger partial charge in [-0.3, -0.25) is 15.0 Å². The van der Waals surface area contributed by atoms with E-state index in [1.807, 2.05) is 42.5 Å². The van der Waals surface area contributed by atoms with Gasteiger partial charge in [-0.1, -0.05) is 50.1 Å². The minimum absolute atomic E-state index is 0.0896. The number of anilines is 1. The fourth-order valence-electron chi connectivity index (χ4n) is 4.77. The Morgan fingerprint density at radius 1 is 1.10 bits per heavy atom. The monoisotopic (exact) mass is 391 g/mol. The van der Waals surface area contributed by atoms with Crippen LogP contribution >= 0.6 is 0 Å². The normalized spacial score (nSPS) is 23.8. The van der Waals surface area contributed by atoms with Crippen LogP contribution in [0, 0.1) is 11.8 Å². The van der Waals surface area contributed by atoms with E-state index >= 15 is 0 Å². The van der Waals surface area contributed by atoms with Crippen molar-refractivity contribution >= 4 is 17.5 Å². The predicted molar refractivity (Wildman–Crippen MR) is 114 cm³/mol. The molecule has 1 saturated carbocycles. The van der Waals surface area contributed by atoms with Gasteiger partial charge in [0.1, 0.15) is 0 Å². The van der Waals surface area contributed by atoms with Crippen LogP contribution in [0.5, 0.6) is 0 Å². The first-order valence-electron chi connectivity index (χ1n) is 10.7. The lowest BCUT2D eigenvalue weighted by atomic mass is 9.72. The van der Waals surface area contributed by atoms with Gasteiger partial charge in [0, 0.05) is 23.2 Å². The van der Waals surface area contributed by atoms with Gasteiger partial charge < -0.3 is 5.32 Å². The number of benzene rings is 2. The highest BCUT2D eigenvalue weighted by molar-refractivity contribution is 6.04. The van der Waals surface area contributed by atoms with E-state index in [9.17, 15) is 9.59 Å². The molecule has 5 heteroatoms. The van der Waals surface area contributed by atoms with E-state index in [1.165, 1.54) is 6.42 Å². The Kier molecular flexibility index (Phi) is 5.95. The van der Waals surface area contributed by atoms with Crippen LogP contribution in [-0.2, 0) is 17.6 Å². The smallest absolute Gasteiger partial charge is 0.255 e. The molecule has 0 radical (unpaired) electrons. The Morgan fingerprint density at radius 2 is 1.93 bits per heavy atom. The molecule has 1 aliphatic heterocycles. The van der Waals surface area contributed by atoms with Crippen LogP contribution < -0.4 is 16.2 Å². The molecule has 5 nitrogen and oxygen atoms in total. The van der Waals surface area contributed by atoms with Crippen LogP contribution in [0.1, 0.15) is 54.1 Å². The van der Waals surface area contributed by atoms with E-state index in [0.717, 1.165) is 48.9 Å². The van der Waals surface area contributed by atoms with Crippen molar-refractivity contribution in [3.05, 3.63) is 65.2 Å². The van der Waals surface area contributed by atoms with Gasteiger partial charge in [-0.05, 0) is 60.9 Å². The van der Waals surface area contributed by atoms with Crippen molar-refractivity contribution in [3.8, 4) is 0 Å². The number of carbonyl (C=O) groups excluding carboxylic acids is 2. The minimum atomic E-state index is -0.0896. The highest BCUT2D eigenvalue weighted by atomic mass is 16.2. The quantitative estimate of drug-likeness (QED) is 0.725. The summed E-state index contributed by atoms with van der Waals surface area (Å²) in [5.41, 5.74) is 9.85. The molecule has 152 valence electrons. The second kappa shape index (κ2) is 8.78. The maximum absolute atomic E-state index is 12.8. The number of fused-ring (bicyclic) bond motifs is 1. The zero-order valence-corrected chi connectivity index (χ0v) is 16.9. The van der Waals surface area contributed by atoms with Gasteiger partial charge in [-0.2, -0.15) is 0 Å². The van der Waals surface area contributed by atoms with Crippen molar-refractivity contribution in [2.24, 2.45) is 11.8 Å². The zero-order chi connectivity index (χ0) is 20.2. The molecular formula is C24H29N3O2. The second-order valence-electron chi connectivity index (χ2n) is 8.16. The first kappa shape index (κ1) is 19.6. The van der Waals surface area contributed by atoms with E-state index < -0.39 is 0 Å². The van der Waals surface area contributed by atoms with Crippen LogP contribution in [0.3, 0.4) is 0 Å². The maximum Gasteiger partial charge on any atom is 0.255 e. The highest BCUT2D eigenvalue weighted by Gasteiger charge is 2.39. The van der Waals surface area contributed by atoms with Crippen molar-refractivity contribution in [2.45, 2.75) is 51.5 Å². The van der Waals surface area contributed by atoms with Crippen molar-refractivity contribution in [2.75, 3.05) is 5.32 Å². The lowest BCUT2D eigenvalue weighted by Gasteiger charge is -2.41. The third kappa shape index (κ3) is 4.35. The molecule has 2 amide bonds. The Morgan fingerprint density at radius 3 is 2.79 bits per heavy atom. The van der Waals surface area contributed by atoms with E-state index in [0.29, 0.717) is 11.5 Å². The minimum Gasteiger partial charge on any atom is -0.322 e. The predicted octanol–water partition coefficient (Wildman–Crippen LogP) is 3.85. The molecule has 3 unspecified atom stereocenters. The average Bonchev–Trinajstić information content (AvgIpc) is 2.76. The van der Waals surface area contributed by atoms with Gasteiger partial charge in [0.05, 0.1) is 0 Å². The molecule has 29 heavy (non-hydrogen) atoms. The van der Waals surface area contributed by atoms with Gasteiger partial charge in [0.15, 0.2) is 0 Å². The first-order valence-corrected chi connectivity index (χ1v) is 10.7. The number of hydrazine groups is 1. The molecule has 2 fully saturated rings. The lowest BCUT2D eigenvalue weighted by Crippen LogP contribution is -2.60. The SMILES string of the molecule is CCc1ccccc1NC(=O)c1cccc(CC2NNC(=O)C3CCCCC23)c1. The number of carbonyl (C=O) groups is 2. The molecule has 1 saturated heterocycles. The number of aryl methyl sites for hydroxylation is 1. The van der Waals surface area contributed by atoms with Crippen molar-refractivity contribution in [1.82, 2.24) is 10.9 Å². The fourth-order valence-corrected chi connectivity index (χ4v) is 4.77. The van der Waals surface area contributed by atoms with Crippen molar-refractivity contribution in [1.29, 1.82) is 0 Å². The molecule has 1 aliphatic carbocycles. The molecule has 4 rings (SSSR count). The van der Waals surface area contributed by atoms with Gasteiger partial charge in [-0.15, -0.1) is 0 Å². The lowest BCUT2D eigenvalue weighted by molar-refractivity contribution is -0.133. The fraction of sp³-hybridized carbons (Fsp3) is 0.417. The summed E-state index contributed by atoms with van der Waals surface area (Å²) in [6.45, 7) is 2.08. The van der Waals surface area contributed by atoms with Gasteiger partial charge in [-0.25, -0.2) is 5.43 Å². The van der Waals surface area contributed by atoms with Crippen molar-refractivity contribution in [3.63, 3.8) is 0 Å². The van der Waals surface area contributed by atoms with E-state index in [4.69, 9.17) is 0 Å². The molecule has 3 atom stereocenters. The highest BCUT2D eigenvalue weighted by Crippen LogP contribution is 2.35. The summed E-state index contributed by atoms with van der Waals surface area (Å²) in [5.74, 6) is 0.528. The number of nitrogens with one attached hydrogen (secondary N) is 3. The Labute approximate surface area is 172 Å². The summed E-state index contributed by atoms with van der Waals surface area (Å²) in [7, 11) is 0. The Hall–Kier alpha value is -2.66. The molecule has 0 aromatic heterocycles. The summed E-state index contributed by atoms with van der Waals surface area (Å²) < 4.78 is 0. The molecule has 0 bridgehead atoms. The van der Waals surface area contributed by atoms with Gasteiger partial charge in [0.2, 0.25) is 5.91 Å². The zero-order valence-electron chi connectivity index (χ0n) is 16.9. The summed E-state index contributed by atoms with van der Waals surface area (Å²) >= 11 is 0. The third-order valence-corrected chi connectivity index (χ3v) is 6.35. The first-order chi connectivity index (χ1) is 14.2. The topological polar surface area (TPSA) is 70.2 Å². The molecule has 2 aromatic carbocycles. The third-order valence-electron chi connectivity index (χ3n) is 6.35. The molecule has 2 aliphatic rings. The number of para-hydroxylation sites is 1. The largest absolute Gasteiger partial charge is 0.322 e.